The van der Waals surface area contributed by atoms with Crippen molar-refractivity contribution in [1.82, 2.24) is 29.4 Å². The third kappa shape index (κ3) is 4.51. The standard InChI is InChI=1S/C31H27ClFN7O3/c1-18-13-14-31(27-24(35-30(42)43-31)12-11-22(32)28(27)33)17-39(18)29(41)21-7-3-5-9-25(21)40-16-20(36-37-40)15-38-19(2)34-23-8-4-6-10-26(23)38/h3-12,16,18H,13-15,17H2,1-2H3,(H,35,42). The molecule has 4 heterocycles. The summed E-state index contributed by atoms with van der Waals surface area (Å²) in [5, 5.41) is 11.2. The number of ether oxygens (including phenoxy) is 1. The molecule has 218 valence electrons. The summed E-state index contributed by atoms with van der Waals surface area (Å²) in [6.45, 7) is 4.30. The summed E-state index contributed by atoms with van der Waals surface area (Å²) in [6, 6.07) is 17.8. The Balaban J connectivity index is 1.21. The van der Waals surface area contributed by atoms with Crippen LogP contribution >= 0.6 is 11.6 Å². The summed E-state index contributed by atoms with van der Waals surface area (Å²) in [7, 11) is 0. The molecule has 2 aromatic heterocycles. The van der Waals surface area contributed by atoms with E-state index in [1.54, 1.807) is 40.0 Å². The number of nitrogens with one attached hydrogen (secondary N) is 1. The summed E-state index contributed by atoms with van der Waals surface area (Å²) in [4.78, 5) is 33.0. The number of benzene rings is 3. The highest BCUT2D eigenvalue weighted by Gasteiger charge is 2.50. The molecule has 0 saturated carbocycles. The lowest BCUT2D eigenvalue weighted by molar-refractivity contribution is -0.0546. The van der Waals surface area contributed by atoms with Crippen LogP contribution in [0.2, 0.25) is 5.02 Å². The number of carbonyl (C=O) groups is 2. The zero-order chi connectivity index (χ0) is 29.9. The Morgan fingerprint density at radius 1 is 1.16 bits per heavy atom. The highest BCUT2D eigenvalue weighted by atomic mass is 35.5. The first-order chi connectivity index (χ1) is 20.7. The summed E-state index contributed by atoms with van der Waals surface area (Å²) in [5.74, 6) is -0.107. The van der Waals surface area contributed by atoms with Gasteiger partial charge in [0.2, 0.25) is 0 Å². The van der Waals surface area contributed by atoms with Crippen molar-refractivity contribution >= 4 is 40.3 Å². The number of hydrogen-bond donors (Lipinski definition) is 1. The average molecular weight is 600 g/mol. The minimum atomic E-state index is -1.38. The lowest BCUT2D eigenvalue weighted by Gasteiger charge is -2.47. The molecule has 2 aliphatic rings. The van der Waals surface area contributed by atoms with E-state index in [2.05, 4.69) is 25.2 Å². The number of fused-ring (bicyclic) bond motifs is 3. The fourth-order valence-corrected chi connectivity index (χ4v) is 6.34. The molecule has 12 heteroatoms. The van der Waals surface area contributed by atoms with Crippen LogP contribution in [0.4, 0.5) is 14.9 Å². The molecule has 1 N–H and O–H groups in total. The fourth-order valence-electron chi connectivity index (χ4n) is 6.19. The Morgan fingerprint density at radius 2 is 1.95 bits per heavy atom. The predicted molar refractivity (Wildman–Crippen MR) is 158 cm³/mol. The monoisotopic (exact) mass is 599 g/mol. The van der Waals surface area contributed by atoms with Gasteiger partial charge in [-0.05, 0) is 63.1 Å². The van der Waals surface area contributed by atoms with Gasteiger partial charge in [-0.1, -0.05) is 41.1 Å². The van der Waals surface area contributed by atoms with E-state index in [4.69, 9.17) is 16.3 Å². The molecule has 2 aliphatic heterocycles. The van der Waals surface area contributed by atoms with Crippen molar-refractivity contribution < 1.29 is 18.7 Å². The predicted octanol–water partition coefficient (Wildman–Crippen LogP) is 5.85. The Morgan fingerprint density at radius 3 is 2.81 bits per heavy atom. The molecule has 43 heavy (non-hydrogen) atoms. The number of amides is 2. The number of anilines is 1. The molecule has 2 unspecified atom stereocenters. The van der Waals surface area contributed by atoms with Gasteiger partial charge >= 0.3 is 6.09 Å². The minimum absolute atomic E-state index is 0.0331. The number of para-hydroxylation sites is 3. The van der Waals surface area contributed by atoms with Crippen molar-refractivity contribution in [2.45, 2.75) is 44.9 Å². The zero-order valence-corrected chi connectivity index (χ0v) is 24.2. The van der Waals surface area contributed by atoms with E-state index in [0.717, 1.165) is 16.9 Å². The first-order valence-electron chi connectivity index (χ1n) is 14.0. The zero-order valence-electron chi connectivity index (χ0n) is 23.4. The fraction of sp³-hybridized carbons (Fsp3) is 0.258. The van der Waals surface area contributed by atoms with Gasteiger partial charge in [0, 0.05) is 6.04 Å². The molecule has 0 radical (unpaired) electrons. The number of aryl methyl sites for hydroxylation is 1. The third-order valence-electron chi connectivity index (χ3n) is 8.35. The highest BCUT2D eigenvalue weighted by Crippen LogP contribution is 2.46. The summed E-state index contributed by atoms with van der Waals surface area (Å²) in [5.41, 5.74) is 2.59. The number of halogens is 2. The van der Waals surface area contributed by atoms with Crippen LogP contribution in [0.1, 0.15) is 47.2 Å². The largest absolute Gasteiger partial charge is 0.436 e. The van der Waals surface area contributed by atoms with Crippen LogP contribution in [0.3, 0.4) is 0 Å². The Hall–Kier alpha value is -4.77. The summed E-state index contributed by atoms with van der Waals surface area (Å²) >= 11 is 6.14. The Kier molecular flexibility index (Phi) is 6.42. The maximum absolute atomic E-state index is 15.4. The lowest BCUT2D eigenvalue weighted by Crippen LogP contribution is -2.56. The highest BCUT2D eigenvalue weighted by molar-refractivity contribution is 6.31. The first-order valence-corrected chi connectivity index (χ1v) is 14.3. The van der Waals surface area contributed by atoms with Crippen LogP contribution in [0.25, 0.3) is 16.7 Å². The van der Waals surface area contributed by atoms with Crippen LogP contribution in [-0.4, -0.2) is 54.0 Å². The van der Waals surface area contributed by atoms with E-state index in [1.165, 1.54) is 6.07 Å². The maximum Gasteiger partial charge on any atom is 0.412 e. The van der Waals surface area contributed by atoms with Crippen molar-refractivity contribution in [3.8, 4) is 5.69 Å². The van der Waals surface area contributed by atoms with Gasteiger partial charge in [0.05, 0.1) is 57.8 Å². The van der Waals surface area contributed by atoms with E-state index >= 15 is 4.39 Å². The molecule has 7 rings (SSSR count). The molecule has 1 saturated heterocycles. The number of aromatic nitrogens is 5. The van der Waals surface area contributed by atoms with Gasteiger partial charge in [0.1, 0.15) is 11.5 Å². The van der Waals surface area contributed by atoms with Crippen molar-refractivity contribution in [2.24, 2.45) is 0 Å². The number of rotatable bonds is 4. The molecule has 2 amide bonds. The number of nitrogens with zero attached hydrogens (tertiary/aromatic N) is 6. The molecule has 0 bridgehead atoms. The molecular formula is C31H27ClFN7O3. The van der Waals surface area contributed by atoms with E-state index in [9.17, 15) is 9.59 Å². The van der Waals surface area contributed by atoms with Crippen LogP contribution in [-0.2, 0) is 16.9 Å². The van der Waals surface area contributed by atoms with Gasteiger partial charge in [0.25, 0.3) is 5.91 Å². The minimum Gasteiger partial charge on any atom is -0.436 e. The summed E-state index contributed by atoms with van der Waals surface area (Å²) in [6.07, 6.45) is 1.92. The van der Waals surface area contributed by atoms with Crippen molar-refractivity contribution in [3.05, 3.63) is 100 Å². The molecule has 1 fully saturated rings. The van der Waals surface area contributed by atoms with E-state index < -0.39 is 17.5 Å². The van der Waals surface area contributed by atoms with Crippen LogP contribution in [0, 0.1) is 12.7 Å². The smallest absolute Gasteiger partial charge is 0.412 e. The van der Waals surface area contributed by atoms with Gasteiger partial charge in [-0.15, -0.1) is 5.10 Å². The second-order valence-electron chi connectivity index (χ2n) is 11.0. The van der Waals surface area contributed by atoms with Crippen molar-refractivity contribution in [1.29, 1.82) is 0 Å². The van der Waals surface area contributed by atoms with Crippen molar-refractivity contribution in [3.63, 3.8) is 0 Å². The van der Waals surface area contributed by atoms with E-state index in [0.29, 0.717) is 36.3 Å². The number of piperidine rings is 1. The molecule has 0 aliphatic carbocycles. The van der Waals surface area contributed by atoms with Crippen LogP contribution in [0.15, 0.2) is 66.9 Å². The second kappa shape index (κ2) is 10.2. The van der Waals surface area contributed by atoms with E-state index in [1.807, 2.05) is 44.2 Å². The van der Waals surface area contributed by atoms with Gasteiger partial charge in [-0.25, -0.2) is 18.9 Å². The number of hydrogen-bond acceptors (Lipinski definition) is 6. The molecule has 2 atom stereocenters. The Bertz CT molecular complexity index is 1920. The van der Waals surface area contributed by atoms with Crippen LogP contribution < -0.4 is 5.32 Å². The van der Waals surface area contributed by atoms with Gasteiger partial charge in [-0.2, -0.15) is 0 Å². The SMILES string of the molecule is Cc1nc2ccccc2n1Cc1cn(-c2ccccc2C(=O)N2CC3(CCC2C)OC(=O)Nc2ccc(Cl)c(F)c23)nn1. The maximum atomic E-state index is 15.4. The lowest BCUT2D eigenvalue weighted by atomic mass is 9.80. The van der Waals surface area contributed by atoms with Crippen molar-refractivity contribution in [2.75, 3.05) is 11.9 Å². The quantitative estimate of drug-likeness (QED) is 0.278. The topological polar surface area (TPSA) is 107 Å². The number of imidazole rings is 1. The second-order valence-corrected chi connectivity index (χ2v) is 11.4. The third-order valence-corrected chi connectivity index (χ3v) is 8.64. The average Bonchev–Trinajstić information content (AvgIpc) is 3.60. The van der Waals surface area contributed by atoms with Gasteiger partial charge in [-0.3, -0.25) is 10.1 Å². The number of likely N-dealkylation sites (tertiary alicyclic amines) is 1. The normalized spacial score (nSPS) is 19.8. The molecule has 1 spiro atoms. The Labute approximate surface area is 251 Å². The first kappa shape index (κ1) is 27.1. The van der Waals surface area contributed by atoms with E-state index in [-0.39, 0.29) is 34.8 Å². The number of carbonyl (C=O) groups excluding carboxylic acids is 2. The molecule has 3 aromatic carbocycles. The van der Waals surface area contributed by atoms with Gasteiger partial charge < -0.3 is 14.2 Å². The van der Waals surface area contributed by atoms with Crippen LogP contribution in [0.5, 0.6) is 0 Å². The molecule has 5 aromatic rings. The molecule has 10 nitrogen and oxygen atoms in total. The van der Waals surface area contributed by atoms with Gasteiger partial charge in [0.15, 0.2) is 11.4 Å². The summed E-state index contributed by atoms with van der Waals surface area (Å²) < 4.78 is 24.9. The molecular weight excluding hydrogens is 573 g/mol.